The van der Waals surface area contributed by atoms with E-state index in [1.807, 2.05) is 13.0 Å². The number of anilines is 2. The summed E-state index contributed by atoms with van der Waals surface area (Å²) in [4.78, 5) is 25.1. The summed E-state index contributed by atoms with van der Waals surface area (Å²) in [5.74, 6) is -0.188. The smallest absolute Gasteiger partial charge is 0.282 e. The molecule has 0 spiro atoms. The summed E-state index contributed by atoms with van der Waals surface area (Å²) in [5.41, 5.74) is 3.80. The maximum atomic E-state index is 12.8. The van der Waals surface area contributed by atoms with Gasteiger partial charge in [0.05, 0.1) is 4.88 Å². The SMILES string of the molecule is CC(=O)Nc1ccc(NC(=O)[C@H](C)[NH2+][C@H](c2ccc(C)cc2)c2cccs2)cc1. The Morgan fingerprint density at radius 2 is 1.55 bits per heavy atom. The molecule has 4 N–H and O–H groups in total. The zero-order chi connectivity index (χ0) is 20.8. The molecule has 0 aliphatic carbocycles. The van der Waals surface area contributed by atoms with Gasteiger partial charge in [-0.05, 0) is 49.6 Å². The molecule has 150 valence electrons. The van der Waals surface area contributed by atoms with E-state index in [1.165, 1.54) is 22.9 Å². The summed E-state index contributed by atoms with van der Waals surface area (Å²) in [7, 11) is 0. The van der Waals surface area contributed by atoms with Crippen LogP contribution in [0.3, 0.4) is 0 Å². The minimum atomic E-state index is -0.279. The predicted molar refractivity (Wildman–Crippen MR) is 118 cm³/mol. The maximum absolute atomic E-state index is 12.8. The molecule has 0 aliphatic heterocycles. The lowest BCUT2D eigenvalue weighted by Gasteiger charge is -2.19. The third kappa shape index (κ3) is 5.76. The standard InChI is InChI=1S/C23H25N3O2S/c1-15-6-8-18(9-7-15)22(21-5-4-14-29-21)24-16(2)23(28)26-20-12-10-19(11-13-20)25-17(3)27/h4-14,16,22,24H,1-3H3,(H,25,27)(H,26,28)/p+1/t16-,22+/m0/s1. The molecule has 0 saturated heterocycles. The van der Waals surface area contributed by atoms with Crippen LogP contribution in [-0.2, 0) is 9.59 Å². The number of thiophene rings is 1. The molecular formula is C23H26N3O2S+. The molecule has 0 unspecified atom stereocenters. The van der Waals surface area contributed by atoms with Gasteiger partial charge in [0.15, 0.2) is 6.04 Å². The molecule has 5 nitrogen and oxygen atoms in total. The van der Waals surface area contributed by atoms with Crippen molar-refractivity contribution in [3.8, 4) is 0 Å². The first-order chi connectivity index (χ1) is 13.9. The van der Waals surface area contributed by atoms with Crippen molar-refractivity contribution in [2.24, 2.45) is 0 Å². The van der Waals surface area contributed by atoms with Gasteiger partial charge in [-0.25, -0.2) is 0 Å². The summed E-state index contributed by atoms with van der Waals surface area (Å²) in [6, 6.07) is 19.5. The highest BCUT2D eigenvalue weighted by Crippen LogP contribution is 2.23. The lowest BCUT2D eigenvalue weighted by atomic mass is 10.0. The highest BCUT2D eigenvalue weighted by atomic mass is 32.1. The summed E-state index contributed by atoms with van der Waals surface area (Å²) < 4.78 is 0. The van der Waals surface area contributed by atoms with Crippen LogP contribution in [0.2, 0.25) is 0 Å². The van der Waals surface area contributed by atoms with E-state index in [0.29, 0.717) is 11.4 Å². The van der Waals surface area contributed by atoms with Crippen molar-refractivity contribution in [3.05, 3.63) is 82.0 Å². The normalized spacial score (nSPS) is 12.8. The van der Waals surface area contributed by atoms with Crippen LogP contribution in [-0.4, -0.2) is 17.9 Å². The molecule has 2 aromatic carbocycles. The number of rotatable bonds is 7. The molecule has 3 aromatic rings. The summed E-state index contributed by atoms with van der Waals surface area (Å²) >= 11 is 1.70. The van der Waals surface area contributed by atoms with Crippen molar-refractivity contribution in [2.45, 2.75) is 32.9 Å². The van der Waals surface area contributed by atoms with Gasteiger partial charge >= 0.3 is 0 Å². The van der Waals surface area contributed by atoms with E-state index >= 15 is 0 Å². The molecule has 1 aromatic heterocycles. The lowest BCUT2D eigenvalue weighted by molar-refractivity contribution is -0.703. The van der Waals surface area contributed by atoms with Crippen LogP contribution >= 0.6 is 11.3 Å². The Kier molecular flexibility index (Phi) is 6.80. The summed E-state index contributed by atoms with van der Waals surface area (Å²) in [6.45, 7) is 5.45. The topological polar surface area (TPSA) is 74.8 Å². The van der Waals surface area contributed by atoms with Crippen LogP contribution < -0.4 is 16.0 Å². The average molecular weight is 409 g/mol. The van der Waals surface area contributed by atoms with E-state index in [2.05, 4.69) is 58.6 Å². The number of aryl methyl sites for hydroxylation is 1. The van der Waals surface area contributed by atoms with Crippen LogP contribution in [0.15, 0.2) is 66.0 Å². The largest absolute Gasteiger partial charge is 0.326 e. The monoisotopic (exact) mass is 408 g/mol. The number of hydrogen-bond acceptors (Lipinski definition) is 3. The van der Waals surface area contributed by atoms with Crippen LogP contribution in [0.25, 0.3) is 0 Å². The summed E-state index contributed by atoms with van der Waals surface area (Å²) in [6.07, 6.45) is 0. The molecular weight excluding hydrogens is 382 g/mol. The molecule has 0 saturated carbocycles. The minimum absolute atomic E-state index is 0.0639. The number of nitrogens with two attached hydrogens (primary N) is 1. The Hall–Kier alpha value is -2.96. The van der Waals surface area contributed by atoms with Crippen LogP contribution in [0.5, 0.6) is 0 Å². The average Bonchev–Trinajstić information content (AvgIpc) is 3.22. The van der Waals surface area contributed by atoms with E-state index in [9.17, 15) is 9.59 Å². The molecule has 3 rings (SSSR count). The Labute approximate surface area is 175 Å². The van der Waals surface area contributed by atoms with Gasteiger partial charge in [0.25, 0.3) is 5.91 Å². The fourth-order valence-electron chi connectivity index (χ4n) is 3.08. The van der Waals surface area contributed by atoms with Crippen molar-refractivity contribution >= 4 is 34.5 Å². The second-order valence-corrected chi connectivity index (χ2v) is 8.11. The van der Waals surface area contributed by atoms with Gasteiger partial charge in [0.2, 0.25) is 5.91 Å². The van der Waals surface area contributed by atoms with Crippen molar-refractivity contribution in [2.75, 3.05) is 10.6 Å². The Morgan fingerprint density at radius 1 is 0.931 bits per heavy atom. The molecule has 2 atom stereocenters. The number of amides is 2. The molecule has 29 heavy (non-hydrogen) atoms. The molecule has 0 fully saturated rings. The summed E-state index contributed by atoms with van der Waals surface area (Å²) in [5, 5.41) is 9.83. The van der Waals surface area contributed by atoms with E-state index in [4.69, 9.17) is 0 Å². The zero-order valence-corrected chi connectivity index (χ0v) is 17.6. The van der Waals surface area contributed by atoms with E-state index < -0.39 is 0 Å². The van der Waals surface area contributed by atoms with Gasteiger partial charge in [-0.1, -0.05) is 35.9 Å². The van der Waals surface area contributed by atoms with E-state index in [-0.39, 0.29) is 23.9 Å². The van der Waals surface area contributed by atoms with Crippen molar-refractivity contribution in [1.29, 1.82) is 0 Å². The van der Waals surface area contributed by atoms with Crippen molar-refractivity contribution in [3.63, 3.8) is 0 Å². The number of quaternary nitrogens is 1. The van der Waals surface area contributed by atoms with Crippen LogP contribution in [0.1, 0.15) is 35.9 Å². The lowest BCUT2D eigenvalue weighted by Crippen LogP contribution is -2.92. The van der Waals surface area contributed by atoms with Gasteiger partial charge < -0.3 is 16.0 Å². The van der Waals surface area contributed by atoms with E-state index in [1.54, 1.807) is 35.6 Å². The fourth-order valence-corrected chi connectivity index (χ4v) is 3.92. The first kappa shape index (κ1) is 20.8. The molecule has 1 heterocycles. The number of benzene rings is 2. The number of carbonyl (C=O) groups excluding carboxylic acids is 2. The number of nitrogens with one attached hydrogen (secondary N) is 2. The fraction of sp³-hybridized carbons (Fsp3) is 0.217. The number of hydrogen-bond donors (Lipinski definition) is 3. The maximum Gasteiger partial charge on any atom is 0.282 e. The Balaban J connectivity index is 1.69. The van der Waals surface area contributed by atoms with Crippen LogP contribution in [0, 0.1) is 6.92 Å². The third-order valence-corrected chi connectivity index (χ3v) is 5.61. The first-order valence-corrected chi connectivity index (χ1v) is 10.4. The second kappa shape index (κ2) is 9.49. The predicted octanol–water partition coefficient (Wildman–Crippen LogP) is 3.69. The van der Waals surface area contributed by atoms with E-state index in [0.717, 1.165) is 0 Å². The van der Waals surface area contributed by atoms with Gasteiger partial charge in [-0.15, -0.1) is 11.3 Å². The van der Waals surface area contributed by atoms with Gasteiger partial charge in [-0.2, -0.15) is 0 Å². The minimum Gasteiger partial charge on any atom is -0.326 e. The first-order valence-electron chi connectivity index (χ1n) is 9.56. The highest BCUT2D eigenvalue weighted by Gasteiger charge is 2.25. The van der Waals surface area contributed by atoms with Crippen molar-refractivity contribution in [1.82, 2.24) is 0 Å². The molecule has 6 heteroatoms. The number of carbonyl (C=O) groups is 2. The molecule has 0 bridgehead atoms. The second-order valence-electron chi connectivity index (χ2n) is 7.13. The van der Waals surface area contributed by atoms with Crippen LogP contribution in [0.4, 0.5) is 11.4 Å². The molecule has 0 radical (unpaired) electrons. The zero-order valence-electron chi connectivity index (χ0n) is 16.8. The molecule has 0 aliphatic rings. The molecule has 2 amide bonds. The van der Waals surface area contributed by atoms with Crippen molar-refractivity contribution < 1.29 is 14.9 Å². The Morgan fingerprint density at radius 3 is 2.10 bits per heavy atom. The van der Waals surface area contributed by atoms with Gasteiger partial charge in [0.1, 0.15) is 6.04 Å². The highest BCUT2D eigenvalue weighted by molar-refractivity contribution is 7.10. The van der Waals surface area contributed by atoms with Gasteiger partial charge in [0, 0.05) is 23.9 Å². The third-order valence-electron chi connectivity index (χ3n) is 4.65. The quantitative estimate of drug-likeness (QED) is 0.558. The van der Waals surface area contributed by atoms with Gasteiger partial charge in [-0.3, -0.25) is 9.59 Å². The Bertz CT molecular complexity index is 951.